The molecule has 0 bridgehead atoms. The van der Waals surface area contributed by atoms with Crippen molar-refractivity contribution in [1.82, 2.24) is 0 Å². The predicted molar refractivity (Wildman–Crippen MR) is 208 cm³/mol. The van der Waals surface area contributed by atoms with Gasteiger partial charge in [-0.15, -0.1) is 0 Å². The number of para-hydroxylation sites is 2. The Morgan fingerprint density at radius 1 is 0.540 bits per heavy atom. The first-order chi connectivity index (χ1) is 24.8. The van der Waals surface area contributed by atoms with E-state index in [1.807, 2.05) is 17.8 Å². The minimum Gasteiger partial charge on any atom is -0.310 e. The average Bonchev–Trinajstić information content (AvgIpc) is 3.18. The fourth-order valence-electron chi connectivity index (χ4n) is 8.57. The van der Waals surface area contributed by atoms with E-state index in [1.165, 1.54) is 70.4 Å². The molecule has 0 atom stereocenters. The Morgan fingerprint density at radius 2 is 1.14 bits per heavy atom. The lowest BCUT2D eigenvalue weighted by Crippen LogP contribution is -2.59. The summed E-state index contributed by atoms with van der Waals surface area (Å²) in [5, 5.41) is 10.3. The fourth-order valence-corrected chi connectivity index (χ4v) is 11.0. The molecule has 0 spiro atoms. The van der Waals surface area contributed by atoms with Crippen molar-refractivity contribution in [3.8, 4) is 6.07 Å². The third kappa shape index (κ3) is 4.26. The summed E-state index contributed by atoms with van der Waals surface area (Å²) in [4.78, 5) is 7.33. The molecule has 0 radical (unpaired) electrons. The summed E-state index contributed by atoms with van der Waals surface area (Å²) in [7, 11) is 0. The van der Waals surface area contributed by atoms with Crippen LogP contribution in [0.3, 0.4) is 0 Å². The van der Waals surface area contributed by atoms with Gasteiger partial charge in [0.1, 0.15) is 6.07 Å². The molecule has 0 aromatic heterocycles. The Balaban J connectivity index is 1.27. The molecule has 0 unspecified atom stereocenters. The maximum absolute atomic E-state index is 10.3. The SMILES string of the molecule is N#Cc1ccc2c3c1Sc1ccccc1B3c1c(cccc1N1c3ccccc3C(Cc3ccccc3)(c3ccccc3)c3ccccc31)S2. The van der Waals surface area contributed by atoms with Crippen molar-refractivity contribution in [3.05, 3.63) is 192 Å². The van der Waals surface area contributed by atoms with Gasteiger partial charge >= 0.3 is 0 Å². The molecule has 2 nitrogen and oxygen atoms in total. The van der Waals surface area contributed by atoms with E-state index < -0.39 is 5.41 Å². The van der Waals surface area contributed by atoms with Crippen LogP contribution in [0.5, 0.6) is 0 Å². The highest BCUT2D eigenvalue weighted by Crippen LogP contribution is 2.56. The van der Waals surface area contributed by atoms with Crippen LogP contribution < -0.4 is 21.3 Å². The fraction of sp³-hybridized carbons (Fsp3) is 0.0444. The van der Waals surface area contributed by atoms with Gasteiger partial charge in [-0.1, -0.05) is 150 Å². The zero-order chi connectivity index (χ0) is 33.2. The van der Waals surface area contributed by atoms with E-state index in [0.29, 0.717) is 0 Å². The van der Waals surface area contributed by atoms with E-state index in [1.54, 1.807) is 11.8 Å². The maximum Gasteiger partial charge on any atom is 0.249 e. The van der Waals surface area contributed by atoms with Gasteiger partial charge in [0.2, 0.25) is 6.71 Å². The molecular formula is C45H29BN2S2. The lowest BCUT2D eigenvalue weighted by atomic mass is 9.36. The third-order valence-corrected chi connectivity index (χ3v) is 13.0. The Hall–Kier alpha value is -5.41. The van der Waals surface area contributed by atoms with Gasteiger partial charge in [0.25, 0.3) is 0 Å². The van der Waals surface area contributed by atoms with Crippen LogP contribution in [0.1, 0.15) is 27.8 Å². The van der Waals surface area contributed by atoms with E-state index in [4.69, 9.17) is 0 Å². The van der Waals surface area contributed by atoms with E-state index >= 15 is 0 Å². The summed E-state index contributed by atoms with van der Waals surface area (Å²) in [6, 6.07) is 62.3. The number of nitriles is 1. The molecule has 0 N–H and O–H groups in total. The molecular weight excluding hydrogens is 643 g/mol. The van der Waals surface area contributed by atoms with Gasteiger partial charge in [-0.2, -0.15) is 5.26 Å². The standard InChI is InChI=1S/C45H29BN2S2/c47-29-31-26-27-41-43-44(31)50-39-24-12-9-20-35(39)46(43)42-38(23-13-25-40(42)49-41)48-36-21-10-7-18-33(36)45(32-16-5-2-6-17-32,28-30-14-3-1-4-15-30)34-19-8-11-22-37(34)48/h1-27H,28H2. The molecule has 0 saturated carbocycles. The number of anilines is 3. The molecule has 7 aromatic rings. The van der Waals surface area contributed by atoms with Crippen molar-refractivity contribution in [2.45, 2.75) is 31.4 Å². The summed E-state index contributed by atoms with van der Waals surface area (Å²) >= 11 is 3.58. The van der Waals surface area contributed by atoms with Crippen molar-refractivity contribution in [2.75, 3.05) is 4.90 Å². The largest absolute Gasteiger partial charge is 0.310 e. The lowest BCUT2D eigenvalue weighted by molar-refractivity contribution is 0.605. The molecule has 3 aliphatic heterocycles. The highest BCUT2D eigenvalue weighted by molar-refractivity contribution is 8.01. The maximum atomic E-state index is 10.3. The minimum absolute atomic E-state index is 0.00245. The highest BCUT2D eigenvalue weighted by atomic mass is 32.2. The Morgan fingerprint density at radius 3 is 1.88 bits per heavy atom. The molecule has 50 heavy (non-hydrogen) atoms. The number of rotatable bonds is 4. The van der Waals surface area contributed by atoms with E-state index in [-0.39, 0.29) is 6.71 Å². The van der Waals surface area contributed by atoms with Crippen LogP contribution in [-0.4, -0.2) is 6.71 Å². The number of fused-ring (bicyclic) bond motifs is 6. The topological polar surface area (TPSA) is 27.0 Å². The van der Waals surface area contributed by atoms with Gasteiger partial charge in [0.05, 0.1) is 22.4 Å². The summed E-state index contributed by atoms with van der Waals surface area (Å²) < 4.78 is 0. The second-order valence-corrected chi connectivity index (χ2v) is 15.3. The monoisotopic (exact) mass is 672 g/mol. The van der Waals surface area contributed by atoms with Crippen molar-refractivity contribution in [1.29, 1.82) is 5.26 Å². The van der Waals surface area contributed by atoms with Crippen molar-refractivity contribution < 1.29 is 0 Å². The molecule has 7 aromatic carbocycles. The van der Waals surface area contributed by atoms with E-state index in [2.05, 4.69) is 169 Å². The molecule has 3 heterocycles. The molecule has 10 rings (SSSR count). The Labute approximate surface area is 301 Å². The average molecular weight is 673 g/mol. The molecule has 0 amide bonds. The summed E-state index contributed by atoms with van der Waals surface area (Å²) in [5.41, 5.74) is 12.9. The first-order valence-corrected chi connectivity index (χ1v) is 18.6. The molecule has 0 fully saturated rings. The second kappa shape index (κ2) is 11.6. The highest BCUT2D eigenvalue weighted by Gasteiger charge is 2.47. The smallest absolute Gasteiger partial charge is 0.249 e. The molecule has 0 saturated heterocycles. The van der Waals surface area contributed by atoms with Crippen LogP contribution in [0.4, 0.5) is 17.1 Å². The summed E-state index contributed by atoms with van der Waals surface area (Å²) in [6.07, 6.45) is 0.837. The molecule has 0 aliphatic carbocycles. The van der Waals surface area contributed by atoms with Gasteiger partial charge < -0.3 is 4.90 Å². The van der Waals surface area contributed by atoms with Crippen LogP contribution >= 0.6 is 23.5 Å². The van der Waals surface area contributed by atoms with Crippen molar-refractivity contribution >= 4 is 63.7 Å². The molecule has 234 valence electrons. The Kier molecular flexibility index (Phi) is 6.84. The van der Waals surface area contributed by atoms with Crippen LogP contribution in [0, 0.1) is 11.3 Å². The van der Waals surface area contributed by atoms with Gasteiger partial charge in [0.15, 0.2) is 0 Å². The first kappa shape index (κ1) is 29.5. The van der Waals surface area contributed by atoms with Crippen LogP contribution in [-0.2, 0) is 11.8 Å². The van der Waals surface area contributed by atoms with E-state index in [9.17, 15) is 5.26 Å². The predicted octanol–water partition coefficient (Wildman–Crippen LogP) is 9.36. The molecule has 5 heteroatoms. The van der Waals surface area contributed by atoms with Crippen molar-refractivity contribution in [3.63, 3.8) is 0 Å². The van der Waals surface area contributed by atoms with Crippen molar-refractivity contribution in [2.24, 2.45) is 0 Å². The van der Waals surface area contributed by atoms with Crippen LogP contribution in [0.15, 0.2) is 183 Å². The normalized spacial score (nSPS) is 14.4. The first-order valence-electron chi connectivity index (χ1n) is 17.0. The summed E-state index contributed by atoms with van der Waals surface area (Å²) in [6.45, 7) is 0.00245. The van der Waals surface area contributed by atoms with Crippen LogP contribution in [0.25, 0.3) is 0 Å². The third-order valence-electron chi connectivity index (χ3n) is 10.6. The molecule has 3 aliphatic rings. The van der Waals surface area contributed by atoms with Gasteiger partial charge in [-0.3, -0.25) is 0 Å². The zero-order valence-corrected chi connectivity index (χ0v) is 28.7. The summed E-state index contributed by atoms with van der Waals surface area (Å²) in [5.74, 6) is 0. The Bertz CT molecular complexity index is 2460. The minimum atomic E-state index is -0.411. The van der Waals surface area contributed by atoms with Gasteiger partial charge in [-0.05, 0) is 82.1 Å². The van der Waals surface area contributed by atoms with Crippen LogP contribution in [0.2, 0.25) is 0 Å². The quantitative estimate of drug-likeness (QED) is 0.174. The van der Waals surface area contributed by atoms with E-state index in [0.717, 1.165) is 16.9 Å². The zero-order valence-electron chi connectivity index (χ0n) is 27.1. The second-order valence-electron chi connectivity index (χ2n) is 13.1. The number of hydrogen-bond donors (Lipinski definition) is 0. The number of benzene rings is 7. The number of nitrogens with zero attached hydrogens (tertiary/aromatic N) is 2. The van der Waals surface area contributed by atoms with Gasteiger partial charge in [-0.25, -0.2) is 0 Å². The lowest BCUT2D eigenvalue weighted by Gasteiger charge is -2.47. The number of hydrogen-bond acceptors (Lipinski definition) is 4. The van der Waals surface area contributed by atoms with Gasteiger partial charge in [0, 0.05) is 25.3 Å².